The van der Waals surface area contributed by atoms with Gasteiger partial charge in [0.1, 0.15) is 5.82 Å². The second kappa shape index (κ2) is 8.88. The molecule has 166 valence electrons. The van der Waals surface area contributed by atoms with Crippen LogP contribution in [0.3, 0.4) is 0 Å². The van der Waals surface area contributed by atoms with Gasteiger partial charge in [0.2, 0.25) is 15.9 Å². The average molecular weight is 471 g/mol. The molecule has 3 N–H and O–H groups in total. The predicted octanol–water partition coefficient (Wildman–Crippen LogP) is 4.35. The van der Waals surface area contributed by atoms with E-state index in [0.29, 0.717) is 30.0 Å². The molecule has 4 rings (SSSR count). The number of nitrogens with zero attached hydrogens (tertiary/aromatic N) is 2. The first-order valence-electron chi connectivity index (χ1n) is 10.3. The van der Waals surface area contributed by atoms with Gasteiger partial charge in [0.15, 0.2) is 0 Å². The maximum Gasteiger partial charge on any atom is 0.236 e. The number of pyridine rings is 2. The van der Waals surface area contributed by atoms with Crippen LogP contribution in [-0.2, 0) is 14.8 Å². The number of carbonyl (C=O) groups is 1. The number of rotatable bonds is 8. The monoisotopic (exact) mass is 470 g/mol. The van der Waals surface area contributed by atoms with Crippen LogP contribution in [0, 0.1) is 0 Å². The van der Waals surface area contributed by atoms with Gasteiger partial charge in [-0.25, -0.2) is 13.4 Å². The summed E-state index contributed by atoms with van der Waals surface area (Å²) in [5.74, 6) is -0.964. The van der Waals surface area contributed by atoms with Gasteiger partial charge < -0.3 is 5.73 Å². The Morgan fingerprint density at radius 1 is 1.12 bits per heavy atom. The van der Waals surface area contributed by atoms with Gasteiger partial charge in [-0.1, -0.05) is 42.8 Å². The number of primary amides is 1. The van der Waals surface area contributed by atoms with E-state index in [9.17, 15) is 13.2 Å². The van der Waals surface area contributed by atoms with Crippen molar-refractivity contribution in [2.45, 2.75) is 37.4 Å². The molecule has 1 atom stereocenters. The third-order valence-corrected chi connectivity index (χ3v) is 7.50. The molecule has 7 nitrogen and oxygen atoms in total. The summed E-state index contributed by atoms with van der Waals surface area (Å²) in [6.07, 6.45) is 5.04. The topological polar surface area (TPSA) is 115 Å². The summed E-state index contributed by atoms with van der Waals surface area (Å²) in [4.78, 5) is 20.8. The van der Waals surface area contributed by atoms with Crippen molar-refractivity contribution < 1.29 is 13.2 Å². The van der Waals surface area contributed by atoms with Crippen molar-refractivity contribution in [3.8, 4) is 22.3 Å². The van der Waals surface area contributed by atoms with Gasteiger partial charge in [0.05, 0.1) is 21.9 Å². The largest absolute Gasteiger partial charge is 0.369 e. The molecule has 0 saturated heterocycles. The second-order valence-electron chi connectivity index (χ2n) is 7.81. The lowest BCUT2D eigenvalue weighted by atomic mass is 9.92. The van der Waals surface area contributed by atoms with Gasteiger partial charge in [0, 0.05) is 23.5 Å². The maximum absolute atomic E-state index is 12.3. The molecule has 2 heterocycles. The molecule has 1 aliphatic carbocycles. The molecule has 2 aromatic heterocycles. The van der Waals surface area contributed by atoms with E-state index in [1.54, 1.807) is 24.5 Å². The Kier molecular flexibility index (Phi) is 6.17. The third kappa shape index (κ3) is 4.76. The number of carbonyl (C=O) groups excluding carboxylic acids is 1. The lowest BCUT2D eigenvalue weighted by molar-refractivity contribution is -0.119. The Labute approximate surface area is 192 Å². The van der Waals surface area contributed by atoms with Crippen LogP contribution in [0.2, 0.25) is 5.02 Å². The summed E-state index contributed by atoms with van der Waals surface area (Å²) in [5.41, 5.74) is 9.47. The minimum atomic E-state index is -3.47. The summed E-state index contributed by atoms with van der Waals surface area (Å²) < 4.78 is 27.2. The minimum absolute atomic E-state index is 0.192. The Morgan fingerprint density at radius 3 is 2.41 bits per heavy atom. The number of hydrogen-bond acceptors (Lipinski definition) is 5. The van der Waals surface area contributed by atoms with Crippen molar-refractivity contribution in [3.63, 3.8) is 0 Å². The summed E-state index contributed by atoms with van der Waals surface area (Å²) >= 11 is 6.04. The molecule has 1 aromatic carbocycles. The molecule has 0 radical (unpaired) electrons. The summed E-state index contributed by atoms with van der Waals surface area (Å²) in [6, 6.07) is 12.9. The molecule has 0 bridgehead atoms. The first kappa shape index (κ1) is 22.2. The van der Waals surface area contributed by atoms with Gasteiger partial charge in [-0.05, 0) is 48.6 Å². The van der Waals surface area contributed by atoms with Crippen LogP contribution in [0.4, 0.5) is 5.82 Å². The smallest absolute Gasteiger partial charge is 0.236 e. The number of hydrogen-bond donors (Lipinski definition) is 2. The molecular formula is C23H23ClN4O3S. The van der Waals surface area contributed by atoms with Crippen LogP contribution < -0.4 is 10.5 Å². The van der Waals surface area contributed by atoms with Gasteiger partial charge in [-0.15, -0.1) is 0 Å². The van der Waals surface area contributed by atoms with E-state index in [1.165, 1.54) is 0 Å². The summed E-state index contributed by atoms with van der Waals surface area (Å²) in [6.45, 7) is 1.84. The standard InChI is InChI=1S/C23H23ClN4O3S/c1-2-19(23(25)29)22-20(9-10-21(27-22)28-32(30,31)18-7-8-18)15-5-3-14(4-6-15)16-11-17(24)13-26-12-16/h3-6,9-13,18-19H,2,7-8H2,1H3,(H2,25,29)(H,27,28). The van der Waals surface area contributed by atoms with Gasteiger partial charge in [-0.2, -0.15) is 0 Å². The highest BCUT2D eigenvalue weighted by Crippen LogP contribution is 2.34. The first-order chi connectivity index (χ1) is 15.3. The van der Waals surface area contributed by atoms with E-state index in [4.69, 9.17) is 17.3 Å². The summed E-state index contributed by atoms with van der Waals surface area (Å²) in [5, 5.41) is 0.175. The van der Waals surface area contributed by atoms with E-state index < -0.39 is 21.8 Å². The first-order valence-corrected chi connectivity index (χ1v) is 12.2. The third-order valence-electron chi connectivity index (χ3n) is 5.45. The predicted molar refractivity (Wildman–Crippen MR) is 126 cm³/mol. The van der Waals surface area contributed by atoms with Crippen molar-refractivity contribution in [3.05, 3.63) is 65.6 Å². The van der Waals surface area contributed by atoms with E-state index in [1.807, 2.05) is 37.3 Å². The fraction of sp³-hybridized carbons (Fsp3) is 0.261. The molecule has 0 spiro atoms. The van der Waals surface area contributed by atoms with Crippen molar-refractivity contribution in [1.29, 1.82) is 0 Å². The average Bonchev–Trinajstić information content (AvgIpc) is 3.60. The van der Waals surface area contributed by atoms with Crippen LogP contribution >= 0.6 is 11.6 Å². The zero-order valence-corrected chi connectivity index (χ0v) is 19.0. The van der Waals surface area contributed by atoms with Crippen molar-refractivity contribution in [2.24, 2.45) is 5.73 Å². The fourth-order valence-corrected chi connectivity index (χ4v) is 5.09. The number of anilines is 1. The van der Waals surface area contributed by atoms with E-state index >= 15 is 0 Å². The van der Waals surface area contributed by atoms with E-state index in [2.05, 4.69) is 14.7 Å². The number of nitrogens with one attached hydrogen (secondary N) is 1. The number of amides is 1. The molecule has 1 amide bonds. The van der Waals surface area contributed by atoms with Crippen LogP contribution in [0.1, 0.15) is 37.8 Å². The maximum atomic E-state index is 12.3. The van der Waals surface area contributed by atoms with Gasteiger partial charge in [0.25, 0.3) is 0 Å². The highest BCUT2D eigenvalue weighted by molar-refractivity contribution is 7.93. The number of aromatic nitrogens is 2. The van der Waals surface area contributed by atoms with Crippen LogP contribution in [0.5, 0.6) is 0 Å². The molecule has 1 aliphatic rings. The SMILES string of the molecule is CCC(C(N)=O)c1nc(NS(=O)(=O)C2CC2)ccc1-c1ccc(-c2cncc(Cl)c2)cc1. The number of nitrogens with two attached hydrogens (primary N) is 1. The Hall–Kier alpha value is -2.97. The highest BCUT2D eigenvalue weighted by atomic mass is 35.5. The van der Waals surface area contributed by atoms with Crippen LogP contribution in [0.25, 0.3) is 22.3 Å². The molecule has 1 fully saturated rings. The molecule has 3 aromatic rings. The normalized spacial score (nSPS) is 14.7. The second-order valence-corrected chi connectivity index (χ2v) is 10.2. The molecule has 9 heteroatoms. The molecule has 0 aliphatic heterocycles. The minimum Gasteiger partial charge on any atom is -0.369 e. The Balaban J connectivity index is 1.72. The number of sulfonamides is 1. The van der Waals surface area contributed by atoms with Crippen LogP contribution in [-0.4, -0.2) is 29.5 Å². The summed E-state index contributed by atoms with van der Waals surface area (Å²) in [7, 11) is -3.47. The Bertz CT molecular complexity index is 1260. The zero-order valence-electron chi connectivity index (χ0n) is 17.5. The van der Waals surface area contributed by atoms with Crippen molar-refractivity contribution in [2.75, 3.05) is 4.72 Å². The number of benzene rings is 1. The lowest BCUT2D eigenvalue weighted by Crippen LogP contribution is -2.23. The zero-order chi connectivity index (χ0) is 22.9. The highest BCUT2D eigenvalue weighted by Gasteiger charge is 2.36. The molecular weight excluding hydrogens is 448 g/mol. The van der Waals surface area contributed by atoms with E-state index in [0.717, 1.165) is 22.3 Å². The Morgan fingerprint density at radius 2 is 1.81 bits per heavy atom. The lowest BCUT2D eigenvalue weighted by Gasteiger charge is -2.18. The quantitative estimate of drug-likeness (QED) is 0.508. The van der Waals surface area contributed by atoms with E-state index in [-0.39, 0.29) is 11.1 Å². The van der Waals surface area contributed by atoms with Crippen LogP contribution in [0.15, 0.2) is 54.9 Å². The van der Waals surface area contributed by atoms with Crippen molar-refractivity contribution >= 4 is 33.3 Å². The fourth-order valence-electron chi connectivity index (χ4n) is 3.59. The molecule has 1 unspecified atom stereocenters. The molecule has 1 saturated carbocycles. The molecule has 32 heavy (non-hydrogen) atoms. The van der Waals surface area contributed by atoms with Gasteiger partial charge >= 0.3 is 0 Å². The number of halogens is 1. The van der Waals surface area contributed by atoms with Gasteiger partial charge in [-0.3, -0.25) is 14.5 Å². The van der Waals surface area contributed by atoms with Crippen molar-refractivity contribution in [1.82, 2.24) is 9.97 Å².